The lowest BCUT2D eigenvalue weighted by molar-refractivity contribution is -0.304. The van der Waals surface area contributed by atoms with Gasteiger partial charge in [-0.1, -0.05) is 124 Å². The number of hydrogen-bond acceptors (Lipinski definition) is 5. The molecule has 2 amide bonds. The van der Waals surface area contributed by atoms with Gasteiger partial charge < -0.3 is 25.2 Å². The van der Waals surface area contributed by atoms with Gasteiger partial charge in [0.25, 0.3) is 0 Å². The Morgan fingerprint density at radius 2 is 1.37 bits per heavy atom. The number of rotatable bonds is 20. The van der Waals surface area contributed by atoms with Crippen LogP contribution < -0.4 is 10.6 Å². The summed E-state index contributed by atoms with van der Waals surface area (Å²) in [6.45, 7) is 11.9. The van der Waals surface area contributed by atoms with E-state index in [4.69, 9.17) is 9.47 Å². The predicted octanol–water partition coefficient (Wildman–Crippen LogP) is 7.53. The summed E-state index contributed by atoms with van der Waals surface area (Å²) in [4.78, 5) is 39.3. The molecule has 3 unspecified atom stereocenters. The first-order valence-corrected chi connectivity index (χ1v) is 17.5. The minimum atomic E-state index is -0.997. The second kappa shape index (κ2) is 18.3. The summed E-state index contributed by atoms with van der Waals surface area (Å²) in [6, 6.07) is 0. The van der Waals surface area contributed by atoms with Crippen molar-refractivity contribution >= 4 is 17.8 Å². The van der Waals surface area contributed by atoms with Crippen molar-refractivity contribution in [2.45, 2.75) is 175 Å². The molecule has 0 bridgehead atoms. The van der Waals surface area contributed by atoms with Crippen LogP contribution in [0, 0.1) is 17.3 Å². The van der Waals surface area contributed by atoms with E-state index in [9.17, 15) is 19.5 Å². The lowest BCUT2D eigenvalue weighted by Gasteiger charge is -2.45. The molecule has 2 aliphatic rings. The van der Waals surface area contributed by atoms with Crippen molar-refractivity contribution in [2.75, 3.05) is 13.2 Å². The molecule has 8 nitrogen and oxygen atoms in total. The van der Waals surface area contributed by atoms with Crippen molar-refractivity contribution < 1.29 is 29.0 Å². The fraction of sp³-hybridized carbons (Fsp3) is 0.914. The summed E-state index contributed by atoms with van der Waals surface area (Å²) in [5.41, 5.74) is -1.43. The van der Waals surface area contributed by atoms with Crippen LogP contribution in [0.4, 0.5) is 0 Å². The van der Waals surface area contributed by atoms with Gasteiger partial charge in [-0.3, -0.25) is 14.4 Å². The second-order valence-electron chi connectivity index (χ2n) is 14.6. The molecule has 1 saturated heterocycles. The number of unbranched alkanes of at least 4 members (excludes halogenated alkanes) is 11. The van der Waals surface area contributed by atoms with E-state index in [2.05, 4.69) is 17.6 Å². The molecule has 0 aromatic carbocycles. The van der Waals surface area contributed by atoms with E-state index >= 15 is 0 Å². The van der Waals surface area contributed by atoms with Crippen LogP contribution in [0.25, 0.3) is 0 Å². The molecule has 43 heavy (non-hydrogen) atoms. The number of hydrogen-bond donors (Lipinski definition) is 3. The van der Waals surface area contributed by atoms with Gasteiger partial charge in [0, 0.05) is 17.9 Å². The summed E-state index contributed by atoms with van der Waals surface area (Å²) >= 11 is 0. The maximum atomic E-state index is 13.4. The first-order valence-electron chi connectivity index (χ1n) is 17.5. The molecule has 8 heteroatoms. The van der Waals surface area contributed by atoms with Crippen LogP contribution in [0.3, 0.4) is 0 Å². The Morgan fingerprint density at radius 1 is 0.837 bits per heavy atom. The SMILES string of the molecule is CCCCCCCCCCCCCCC(C)C(=O)NC1(C(CNC(=O)C2OC(C)(C)OCC2(C)C)C(=O)O)CCCCC1. The monoisotopic (exact) mass is 608 g/mol. The Balaban J connectivity index is 1.85. The Bertz CT molecular complexity index is 851. The summed E-state index contributed by atoms with van der Waals surface area (Å²) in [5, 5.41) is 16.4. The molecule has 0 radical (unpaired) electrons. The third kappa shape index (κ3) is 12.7. The number of aliphatic carboxylic acids is 1. The molecule has 1 aliphatic carbocycles. The van der Waals surface area contributed by atoms with Gasteiger partial charge in [-0.25, -0.2) is 0 Å². The quantitative estimate of drug-likeness (QED) is 0.123. The van der Waals surface area contributed by atoms with Crippen LogP contribution in [-0.2, 0) is 23.9 Å². The number of amides is 2. The number of ether oxygens (including phenoxy) is 2. The van der Waals surface area contributed by atoms with Gasteiger partial charge in [0.1, 0.15) is 6.10 Å². The molecule has 1 saturated carbocycles. The Hall–Kier alpha value is -1.67. The third-order valence-corrected chi connectivity index (χ3v) is 9.64. The second-order valence-corrected chi connectivity index (χ2v) is 14.6. The van der Waals surface area contributed by atoms with Crippen LogP contribution in [-0.4, -0.2) is 53.5 Å². The zero-order chi connectivity index (χ0) is 31.9. The summed E-state index contributed by atoms with van der Waals surface area (Å²) < 4.78 is 11.7. The Labute approximate surface area is 262 Å². The minimum absolute atomic E-state index is 0.0568. The van der Waals surface area contributed by atoms with Crippen molar-refractivity contribution in [1.82, 2.24) is 10.6 Å². The minimum Gasteiger partial charge on any atom is -0.481 e. The molecule has 0 aromatic heterocycles. The van der Waals surface area contributed by atoms with E-state index in [0.29, 0.717) is 19.4 Å². The zero-order valence-corrected chi connectivity index (χ0v) is 28.4. The molecular weight excluding hydrogens is 544 g/mol. The Kier molecular flexibility index (Phi) is 16.0. The molecule has 0 spiro atoms. The largest absolute Gasteiger partial charge is 0.481 e. The van der Waals surface area contributed by atoms with Gasteiger partial charge in [-0.2, -0.15) is 0 Å². The maximum Gasteiger partial charge on any atom is 0.310 e. The molecule has 0 aromatic rings. The zero-order valence-electron chi connectivity index (χ0n) is 28.4. The van der Waals surface area contributed by atoms with Gasteiger partial charge in [-0.15, -0.1) is 0 Å². The highest BCUT2D eigenvalue weighted by atomic mass is 16.7. The average Bonchev–Trinajstić information content (AvgIpc) is 2.95. The first-order chi connectivity index (χ1) is 20.3. The molecule has 2 fully saturated rings. The van der Waals surface area contributed by atoms with E-state index in [1.807, 2.05) is 20.8 Å². The van der Waals surface area contributed by atoms with Crippen molar-refractivity contribution in [3.05, 3.63) is 0 Å². The van der Waals surface area contributed by atoms with Crippen LogP contribution in [0.15, 0.2) is 0 Å². The number of nitrogens with one attached hydrogen (secondary N) is 2. The van der Waals surface area contributed by atoms with E-state index in [1.165, 1.54) is 64.2 Å². The van der Waals surface area contributed by atoms with Crippen LogP contribution >= 0.6 is 0 Å². The fourth-order valence-electron chi connectivity index (χ4n) is 6.67. The van der Waals surface area contributed by atoms with Gasteiger partial charge >= 0.3 is 5.97 Å². The molecule has 3 N–H and O–H groups in total. The average molecular weight is 609 g/mol. The van der Waals surface area contributed by atoms with Crippen molar-refractivity contribution in [1.29, 1.82) is 0 Å². The van der Waals surface area contributed by atoms with Crippen LogP contribution in [0.1, 0.15) is 157 Å². The molecule has 250 valence electrons. The van der Waals surface area contributed by atoms with Gasteiger partial charge in [0.2, 0.25) is 11.8 Å². The predicted molar refractivity (Wildman–Crippen MR) is 172 cm³/mol. The molecular formula is C35H64N2O6. The van der Waals surface area contributed by atoms with E-state index in [-0.39, 0.29) is 24.3 Å². The first kappa shape index (κ1) is 37.5. The number of carbonyl (C=O) groups is 3. The van der Waals surface area contributed by atoms with E-state index in [1.54, 1.807) is 13.8 Å². The molecule has 1 heterocycles. The van der Waals surface area contributed by atoms with Crippen molar-refractivity contribution in [3.8, 4) is 0 Å². The molecule has 3 atom stereocenters. The maximum absolute atomic E-state index is 13.4. The van der Waals surface area contributed by atoms with Crippen LogP contribution in [0.5, 0.6) is 0 Å². The summed E-state index contributed by atoms with van der Waals surface area (Å²) in [7, 11) is 0. The molecule has 1 aliphatic heterocycles. The number of carboxylic acids is 1. The van der Waals surface area contributed by atoms with Crippen molar-refractivity contribution in [2.24, 2.45) is 17.3 Å². The third-order valence-electron chi connectivity index (χ3n) is 9.64. The Morgan fingerprint density at radius 3 is 1.91 bits per heavy atom. The molecule has 2 rings (SSSR count). The lowest BCUT2D eigenvalue weighted by atomic mass is 9.72. The number of carboxylic acid groups (broad SMARTS) is 1. The standard InChI is InChI=1S/C35H64N2O6/c1-7-8-9-10-11-12-13-14-15-16-17-19-22-27(2)30(38)37-35(23-20-18-21-24-35)28(32(40)41)25-36-31(39)29-33(3,4)26-42-34(5,6)43-29/h27-29H,7-26H2,1-6H3,(H,36,39)(H,37,38)(H,40,41). The van der Waals surface area contributed by atoms with E-state index < -0.39 is 34.7 Å². The highest BCUT2D eigenvalue weighted by Crippen LogP contribution is 2.37. The van der Waals surface area contributed by atoms with Crippen LogP contribution in [0.2, 0.25) is 0 Å². The summed E-state index contributed by atoms with van der Waals surface area (Å²) in [6.07, 6.45) is 19.3. The lowest BCUT2D eigenvalue weighted by Crippen LogP contribution is -2.62. The smallest absolute Gasteiger partial charge is 0.310 e. The van der Waals surface area contributed by atoms with Gasteiger partial charge in [0.05, 0.1) is 18.1 Å². The number of carbonyl (C=O) groups excluding carboxylic acids is 2. The fourth-order valence-corrected chi connectivity index (χ4v) is 6.67. The van der Waals surface area contributed by atoms with Gasteiger partial charge in [0.15, 0.2) is 5.79 Å². The highest BCUT2D eigenvalue weighted by Gasteiger charge is 2.48. The normalized spacial score (nSPS) is 22.3. The highest BCUT2D eigenvalue weighted by molar-refractivity contribution is 5.83. The van der Waals surface area contributed by atoms with Gasteiger partial charge in [-0.05, 0) is 33.1 Å². The topological polar surface area (TPSA) is 114 Å². The summed E-state index contributed by atoms with van der Waals surface area (Å²) in [5.74, 6) is -3.40. The van der Waals surface area contributed by atoms with Crippen molar-refractivity contribution in [3.63, 3.8) is 0 Å². The van der Waals surface area contributed by atoms with E-state index in [0.717, 1.165) is 38.5 Å².